The van der Waals surface area contributed by atoms with E-state index in [4.69, 9.17) is 4.74 Å². The molecule has 0 aliphatic heterocycles. The molecule has 0 amide bonds. The van der Waals surface area contributed by atoms with E-state index < -0.39 is 0 Å². The minimum atomic E-state index is 0.465. The van der Waals surface area contributed by atoms with Crippen LogP contribution in [0.2, 0.25) is 0 Å². The zero-order chi connectivity index (χ0) is 9.52. The molecule has 0 heterocycles. The maximum Gasteiger partial charge on any atom is 0.0727 e. The highest BCUT2D eigenvalue weighted by atomic mass is 16.5. The summed E-state index contributed by atoms with van der Waals surface area (Å²) in [7, 11) is 2.05. The van der Waals surface area contributed by atoms with Gasteiger partial charge in [0.2, 0.25) is 0 Å². The van der Waals surface area contributed by atoms with Gasteiger partial charge in [-0.25, -0.2) is 0 Å². The Labute approximate surface area is 82.0 Å². The molecule has 1 fully saturated rings. The molecule has 1 aliphatic carbocycles. The maximum absolute atomic E-state index is 5.85. The molecule has 1 aliphatic rings. The lowest BCUT2D eigenvalue weighted by atomic mass is 10.1. The van der Waals surface area contributed by atoms with Crippen LogP contribution in [0.15, 0.2) is 0 Å². The Hall–Kier alpha value is -0.0800. The Morgan fingerprint density at radius 3 is 2.69 bits per heavy atom. The number of likely N-dealkylation sites (N-methyl/N-ethyl adjacent to an activating group) is 1. The van der Waals surface area contributed by atoms with Crippen LogP contribution in [-0.2, 0) is 4.74 Å². The molecule has 0 spiro atoms. The molecule has 0 bridgehead atoms. The Morgan fingerprint density at radius 2 is 2.00 bits per heavy atom. The second-order valence-electron chi connectivity index (χ2n) is 3.94. The van der Waals surface area contributed by atoms with Crippen molar-refractivity contribution in [1.82, 2.24) is 5.32 Å². The molecule has 0 radical (unpaired) electrons. The SMILES string of the molecule is CCCOC1CCCCCC1NC. The smallest absolute Gasteiger partial charge is 0.0727 e. The number of ether oxygens (including phenoxy) is 1. The first-order chi connectivity index (χ1) is 6.38. The Morgan fingerprint density at radius 1 is 1.23 bits per heavy atom. The van der Waals surface area contributed by atoms with Gasteiger partial charge in [0.15, 0.2) is 0 Å². The molecule has 2 atom stereocenters. The molecule has 2 unspecified atom stereocenters. The standard InChI is InChI=1S/C11H23NO/c1-3-9-13-11-8-6-4-5-7-10(11)12-2/h10-12H,3-9H2,1-2H3. The monoisotopic (exact) mass is 185 g/mol. The van der Waals surface area contributed by atoms with Gasteiger partial charge in [0.05, 0.1) is 6.10 Å². The van der Waals surface area contributed by atoms with Crippen LogP contribution in [0.4, 0.5) is 0 Å². The Kier molecular flexibility index (Phi) is 5.40. The van der Waals surface area contributed by atoms with E-state index in [1.54, 1.807) is 0 Å². The highest BCUT2D eigenvalue weighted by Crippen LogP contribution is 2.20. The van der Waals surface area contributed by atoms with Crippen molar-refractivity contribution in [3.8, 4) is 0 Å². The van der Waals surface area contributed by atoms with Gasteiger partial charge in [-0.2, -0.15) is 0 Å². The lowest BCUT2D eigenvalue weighted by Crippen LogP contribution is -2.38. The molecule has 1 N–H and O–H groups in total. The average Bonchev–Trinajstić information content (AvgIpc) is 2.39. The van der Waals surface area contributed by atoms with Gasteiger partial charge < -0.3 is 10.1 Å². The first-order valence-electron chi connectivity index (χ1n) is 5.67. The molecule has 2 nitrogen and oxygen atoms in total. The molecular formula is C11H23NO. The van der Waals surface area contributed by atoms with Crippen LogP contribution in [0.1, 0.15) is 45.4 Å². The third-order valence-corrected chi connectivity index (χ3v) is 2.86. The molecule has 13 heavy (non-hydrogen) atoms. The highest BCUT2D eigenvalue weighted by molar-refractivity contribution is 4.78. The Bertz CT molecular complexity index is 127. The van der Waals surface area contributed by atoms with Gasteiger partial charge in [0.25, 0.3) is 0 Å². The van der Waals surface area contributed by atoms with Crippen molar-refractivity contribution in [3.05, 3.63) is 0 Å². The first kappa shape index (κ1) is 11.0. The summed E-state index contributed by atoms with van der Waals surface area (Å²) in [6.07, 6.45) is 8.20. The van der Waals surface area contributed by atoms with Crippen LogP contribution in [0, 0.1) is 0 Å². The molecule has 0 aromatic heterocycles. The molecule has 1 rings (SSSR count). The summed E-state index contributed by atoms with van der Waals surface area (Å²) in [6, 6.07) is 0.592. The van der Waals surface area contributed by atoms with E-state index in [0.717, 1.165) is 13.0 Å². The maximum atomic E-state index is 5.85. The highest BCUT2D eigenvalue weighted by Gasteiger charge is 2.22. The quantitative estimate of drug-likeness (QED) is 0.679. The van der Waals surface area contributed by atoms with Crippen molar-refractivity contribution in [2.75, 3.05) is 13.7 Å². The summed E-state index contributed by atoms with van der Waals surface area (Å²) in [6.45, 7) is 3.09. The van der Waals surface area contributed by atoms with Crippen molar-refractivity contribution in [3.63, 3.8) is 0 Å². The van der Waals surface area contributed by atoms with E-state index in [0.29, 0.717) is 12.1 Å². The fourth-order valence-corrected chi connectivity index (χ4v) is 2.07. The van der Waals surface area contributed by atoms with Crippen molar-refractivity contribution in [2.24, 2.45) is 0 Å². The van der Waals surface area contributed by atoms with E-state index in [2.05, 4.69) is 19.3 Å². The molecule has 0 aromatic rings. The van der Waals surface area contributed by atoms with Gasteiger partial charge in [0, 0.05) is 12.6 Å². The van der Waals surface area contributed by atoms with Crippen LogP contribution < -0.4 is 5.32 Å². The van der Waals surface area contributed by atoms with Crippen molar-refractivity contribution in [1.29, 1.82) is 0 Å². The minimum absolute atomic E-state index is 0.465. The van der Waals surface area contributed by atoms with E-state index in [1.807, 2.05) is 0 Å². The summed E-state index contributed by atoms with van der Waals surface area (Å²) in [5.74, 6) is 0. The van der Waals surface area contributed by atoms with Crippen LogP contribution >= 0.6 is 0 Å². The van der Waals surface area contributed by atoms with E-state index in [9.17, 15) is 0 Å². The van der Waals surface area contributed by atoms with Crippen LogP contribution in [0.25, 0.3) is 0 Å². The third kappa shape index (κ3) is 3.65. The molecule has 0 saturated heterocycles. The second-order valence-corrected chi connectivity index (χ2v) is 3.94. The molecule has 2 heteroatoms. The minimum Gasteiger partial charge on any atom is -0.377 e. The predicted octanol–water partition coefficient (Wildman–Crippen LogP) is 2.33. The van der Waals surface area contributed by atoms with Gasteiger partial charge in [-0.05, 0) is 26.3 Å². The fourth-order valence-electron chi connectivity index (χ4n) is 2.07. The summed E-state index contributed by atoms with van der Waals surface area (Å²) in [4.78, 5) is 0. The number of hydrogen-bond donors (Lipinski definition) is 1. The van der Waals surface area contributed by atoms with Crippen molar-refractivity contribution >= 4 is 0 Å². The zero-order valence-electron chi connectivity index (χ0n) is 9.01. The van der Waals surface area contributed by atoms with Crippen molar-refractivity contribution in [2.45, 2.75) is 57.6 Å². The van der Waals surface area contributed by atoms with Gasteiger partial charge in [0.1, 0.15) is 0 Å². The summed E-state index contributed by atoms with van der Waals surface area (Å²) in [5, 5.41) is 3.38. The fraction of sp³-hybridized carbons (Fsp3) is 1.00. The largest absolute Gasteiger partial charge is 0.377 e. The van der Waals surface area contributed by atoms with Gasteiger partial charge in [-0.3, -0.25) is 0 Å². The van der Waals surface area contributed by atoms with Gasteiger partial charge in [-0.1, -0.05) is 26.2 Å². The number of hydrogen-bond acceptors (Lipinski definition) is 2. The zero-order valence-corrected chi connectivity index (χ0v) is 9.01. The van der Waals surface area contributed by atoms with Crippen LogP contribution in [0.5, 0.6) is 0 Å². The van der Waals surface area contributed by atoms with Gasteiger partial charge in [-0.15, -0.1) is 0 Å². The normalized spacial score (nSPS) is 30.0. The summed E-state index contributed by atoms with van der Waals surface area (Å²) < 4.78 is 5.85. The molecule has 0 aromatic carbocycles. The molecule has 78 valence electrons. The average molecular weight is 185 g/mol. The van der Waals surface area contributed by atoms with E-state index in [-0.39, 0.29) is 0 Å². The number of rotatable bonds is 4. The van der Waals surface area contributed by atoms with E-state index >= 15 is 0 Å². The second kappa shape index (κ2) is 6.39. The Balaban J connectivity index is 2.34. The molecule has 1 saturated carbocycles. The predicted molar refractivity (Wildman–Crippen MR) is 56.0 cm³/mol. The topological polar surface area (TPSA) is 21.3 Å². The first-order valence-corrected chi connectivity index (χ1v) is 5.67. The van der Waals surface area contributed by atoms with E-state index in [1.165, 1.54) is 32.1 Å². The summed E-state index contributed by atoms with van der Waals surface area (Å²) >= 11 is 0. The third-order valence-electron chi connectivity index (χ3n) is 2.86. The van der Waals surface area contributed by atoms with Crippen molar-refractivity contribution < 1.29 is 4.74 Å². The lowest BCUT2D eigenvalue weighted by Gasteiger charge is -2.24. The molecular weight excluding hydrogens is 162 g/mol. The van der Waals surface area contributed by atoms with Gasteiger partial charge >= 0.3 is 0 Å². The van der Waals surface area contributed by atoms with Crippen LogP contribution in [0.3, 0.4) is 0 Å². The van der Waals surface area contributed by atoms with Crippen LogP contribution in [-0.4, -0.2) is 25.8 Å². The number of nitrogens with one attached hydrogen (secondary N) is 1. The lowest BCUT2D eigenvalue weighted by molar-refractivity contribution is 0.0243. The summed E-state index contributed by atoms with van der Waals surface area (Å²) in [5.41, 5.74) is 0.